The Bertz CT molecular complexity index is 1710. The highest BCUT2D eigenvalue weighted by Gasteiger charge is 2.46. The van der Waals surface area contributed by atoms with Crippen molar-refractivity contribution in [3.05, 3.63) is 168 Å². The fraction of sp³-hybridized carbons (Fsp3) is 0.0526. The maximum atomic E-state index is 2.45. The summed E-state index contributed by atoms with van der Waals surface area (Å²) in [5.74, 6) is 0. The van der Waals surface area contributed by atoms with Gasteiger partial charge >= 0.3 is 0 Å². The van der Waals surface area contributed by atoms with Crippen LogP contribution in [0.3, 0.4) is 0 Å². The molecule has 0 aliphatic heterocycles. The van der Waals surface area contributed by atoms with Crippen LogP contribution >= 0.6 is 0 Å². The van der Waals surface area contributed by atoms with Gasteiger partial charge in [0.25, 0.3) is 0 Å². The Hall–Kier alpha value is -4.46. The third-order valence-electron chi connectivity index (χ3n) is 8.86. The fourth-order valence-electron chi connectivity index (χ4n) is 7.31. The van der Waals surface area contributed by atoms with Crippen LogP contribution in [0.2, 0.25) is 0 Å². The molecule has 8 rings (SSSR count). The average molecular weight is 513 g/mol. The molecule has 0 amide bonds. The molecular weight excluding hydrogens is 485 g/mol. The zero-order valence-corrected chi connectivity index (χ0v) is 22.8. The van der Waals surface area contributed by atoms with Crippen molar-refractivity contribution in [2.75, 3.05) is 0 Å². The summed E-state index contributed by atoms with van der Waals surface area (Å²) >= 11 is 0. The Morgan fingerprint density at radius 2 is 0.718 bits per heavy atom. The van der Waals surface area contributed by atoms with E-state index in [1.165, 1.54) is 65.3 Å². The van der Waals surface area contributed by atoms with Crippen LogP contribution in [-0.4, -0.2) is 8.07 Å². The Balaban J connectivity index is 1.57. The fourth-order valence-corrected chi connectivity index (χ4v) is 12.6. The lowest BCUT2D eigenvalue weighted by atomic mass is 10.1. The van der Waals surface area contributed by atoms with Crippen molar-refractivity contribution in [2.24, 2.45) is 0 Å². The van der Waals surface area contributed by atoms with Crippen molar-refractivity contribution in [3.63, 3.8) is 0 Å². The van der Waals surface area contributed by atoms with E-state index in [0.29, 0.717) is 0 Å². The topological polar surface area (TPSA) is 0 Å². The van der Waals surface area contributed by atoms with Crippen LogP contribution in [-0.2, 0) is 12.8 Å². The molecule has 184 valence electrons. The third kappa shape index (κ3) is 3.24. The van der Waals surface area contributed by atoms with Crippen LogP contribution < -0.4 is 20.7 Å². The van der Waals surface area contributed by atoms with Gasteiger partial charge in [-0.15, -0.1) is 0 Å². The molecule has 6 aromatic carbocycles. The SMILES string of the molecule is c1ccc([Si](c2ccccc2)(c2cccc3c2-c2ccccc2C3)c2cccc3c2-c2ccccc2C3)cc1. The predicted octanol–water partition coefficient (Wildman–Crippen LogP) is 6.21. The van der Waals surface area contributed by atoms with Gasteiger partial charge in [-0.2, -0.15) is 0 Å². The first-order valence-electron chi connectivity index (χ1n) is 13.9. The van der Waals surface area contributed by atoms with E-state index in [1.54, 1.807) is 0 Å². The molecule has 6 aromatic rings. The van der Waals surface area contributed by atoms with Crippen molar-refractivity contribution in [1.29, 1.82) is 0 Å². The summed E-state index contributed by atoms with van der Waals surface area (Å²) in [6.07, 6.45) is 2.01. The van der Waals surface area contributed by atoms with Crippen molar-refractivity contribution in [1.82, 2.24) is 0 Å². The molecule has 0 spiro atoms. The summed E-state index contributed by atoms with van der Waals surface area (Å²) < 4.78 is 0. The normalized spacial score (nSPS) is 12.9. The van der Waals surface area contributed by atoms with E-state index in [1.807, 2.05) is 0 Å². The van der Waals surface area contributed by atoms with Crippen LogP contribution in [0.1, 0.15) is 22.3 Å². The van der Waals surface area contributed by atoms with E-state index in [9.17, 15) is 0 Å². The molecule has 39 heavy (non-hydrogen) atoms. The quantitative estimate of drug-likeness (QED) is 0.194. The molecule has 0 unspecified atom stereocenters. The van der Waals surface area contributed by atoms with Crippen LogP contribution in [0, 0.1) is 0 Å². The number of hydrogen-bond donors (Lipinski definition) is 0. The molecule has 0 saturated carbocycles. The summed E-state index contributed by atoms with van der Waals surface area (Å²) in [6, 6.07) is 55.1. The largest absolute Gasteiger partial charge is 0.180 e. The molecule has 2 aliphatic carbocycles. The van der Waals surface area contributed by atoms with Crippen LogP contribution in [0.4, 0.5) is 0 Å². The van der Waals surface area contributed by atoms with Crippen LogP contribution in [0.25, 0.3) is 22.3 Å². The smallest absolute Gasteiger partial charge is 0.0623 e. The zero-order valence-electron chi connectivity index (χ0n) is 21.8. The first-order valence-corrected chi connectivity index (χ1v) is 15.9. The average Bonchev–Trinajstić information content (AvgIpc) is 3.58. The molecule has 0 fully saturated rings. The third-order valence-corrected chi connectivity index (χ3v) is 13.7. The van der Waals surface area contributed by atoms with Gasteiger partial charge in [0.05, 0.1) is 0 Å². The van der Waals surface area contributed by atoms with Gasteiger partial charge in [-0.25, -0.2) is 0 Å². The van der Waals surface area contributed by atoms with Gasteiger partial charge in [0, 0.05) is 0 Å². The van der Waals surface area contributed by atoms with Crippen molar-refractivity contribution in [3.8, 4) is 22.3 Å². The molecule has 0 atom stereocenters. The minimum absolute atomic E-state index is 1.00. The second-order valence-corrected chi connectivity index (χ2v) is 14.6. The van der Waals surface area contributed by atoms with Gasteiger partial charge in [0.1, 0.15) is 0 Å². The van der Waals surface area contributed by atoms with Gasteiger partial charge in [0.15, 0.2) is 8.07 Å². The second kappa shape index (κ2) is 8.79. The highest BCUT2D eigenvalue weighted by Crippen LogP contribution is 2.39. The molecule has 0 N–H and O–H groups in total. The van der Waals surface area contributed by atoms with Crippen molar-refractivity contribution < 1.29 is 0 Å². The summed E-state index contributed by atoms with van der Waals surface area (Å²) in [4.78, 5) is 0. The summed E-state index contributed by atoms with van der Waals surface area (Å²) in [6.45, 7) is 0. The monoisotopic (exact) mass is 512 g/mol. The van der Waals surface area contributed by atoms with E-state index >= 15 is 0 Å². The standard InChI is InChI=1S/C38H28Si/c1-3-17-31(18-4-1)39(32-19-5-2-6-20-32,35-23-11-15-29-25-27-13-7-9-21-33(27)37(29)35)36-24-12-16-30-26-28-14-8-10-22-34(28)38(30)36/h1-24H,25-26H2. The maximum absolute atomic E-state index is 2.75. The molecule has 1 heteroatoms. The number of hydrogen-bond acceptors (Lipinski definition) is 0. The van der Waals surface area contributed by atoms with Gasteiger partial charge in [0.2, 0.25) is 0 Å². The van der Waals surface area contributed by atoms with E-state index in [0.717, 1.165) is 12.8 Å². The molecule has 0 radical (unpaired) electrons. The summed E-state index contributed by atoms with van der Waals surface area (Å²) in [5, 5.41) is 5.87. The van der Waals surface area contributed by atoms with Crippen LogP contribution in [0.5, 0.6) is 0 Å². The van der Waals surface area contributed by atoms with E-state index < -0.39 is 8.07 Å². The Morgan fingerprint density at radius 1 is 0.333 bits per heavy atom. The van der Waals surface area contributed by atoms with Gasteiger partial charge in [-0.05, 0) is 78.1 Å². The Labute approximate surface area is 231 Å². The summed E-state index contributed by atoms with van der Waals surface area (Å²) in [7, 11) is -2.75. The minimum Gasteiger partial charge on any atom is -0.0623 e. The first-order chi connectivity index (χ1) is 19.4. The highest BCUT2D eigenvalue weighted by atomic mass is 28.3. The molecule has 0 bridgehead atoms. The van der Waals surface area contributed by atoms with E-state index in [4.69, 9.17) is 0 Å². The zero-order chi connectivity index (χ0) is 25.8. The second-order valence-electron chi connectivity index (χ2n) is 10.8. The molecule has 0 nitrogen and oxygen atoms in total. The van der Waals surface area contributed by atoms with Gasteiger partial charge < -0.3 is 0 Å². The molecule has 0 saturated heterocycles. The minimum atomic E-state index is -2.75. The predicted molar refractivity (Wildman–Crippen MR) is 167 cm³/mol. The lowest BCUT2D eigenvalue weighted by molar-refractivity contribution is 1.26. The Morgan fingerprint density at radius 3 is 1.18 bits per heavy atom. The number of benzene rings is 6. The van der Waals surface area contributed by atoms with Crippen molar-refractivity contribution >= 4 is 28.8 Å². The molecule has 2 aliphatic rings. The molecule has 0 aromatic heterocycles. The highest BCUT2D eigenvalue weighted by molar-refractivity contribution is 7.21. The first kappa shape index (κ1) is 22.5. The van der Waals surface area contributed by atoms with E-state index in [-0.39, 0.29) is 0 Å². The Kier molecular flexibility index (Phi) is 5.08. The molecule has 0 heterocycles. The molecular formula is C38H28Si. The number of rotatable bonds is 4. The lowest BCUT2D eigenvalue weighted by Gasteiger charge is -2.37. The van der Waals surface area contributed by atoms with Gasteiger partial charge in [-0.3, -0.25) is 0 Å². The maximum Gasteiger partial charge on any atom is 0.180 e. The van der Waals surface area contributed by atoms with E-state index in [2.05, 4.69) is 146 Å². The van der Waals surface area contributed by atoms with Crippen LogP contribution in [0.15, 0.2) is 146 Å². The lowest BCUT2D eigenvalue weighted by Crippen LogP contribution is -2.75. The van der Waals surface area contributed by atoms with Crippen molar-refractivity contribution in [2.45, 2.75) is 12.8 Å². The summed E-state index contributed by atoms with van der Waals surface area (Å²) in [5.41, 5.74) is 11.5. The number of fused-ring (bicyclic) bond motifs is 6. The van der Waals surface area contributed by atoms with Gasteiger partial charge in [-0.1, -0.05) is 146 Å².